The van der Waals surface area contributed by atoms with E-state index in [9.17, 15) is 14.0 Å². The van der Waals surface area contributed by atoms with Gasteiger partial charge in [-0.05, 0) is 55.0 Å². The molecule has 0 radical (unpaired) electrons. The number of benzene rings is 2. The first-order valence-electron chi connectivity index (χ1n) is 5.87. The molecule has 0 atom stereocenters. The number of rotatable bonds is 3. The zero-order valence-electron chi connectivity index (χ0n) is 10.7. The lowest BCUT2D eigenvalue weighted by molar-refractivity contribution is 0.0696. The van der Waals surface area contributed by atoms with Gasteiger partial charge in [-0.1, -0.05) is 0 Å². The van der Waals surface area contributed by atoms with E-state index in [0.717, 1.165) is 6.07 Å². The third-order valence-corrected chi connectivity index (χ3v) is 2.69. The quantitative estimate of drug-likeness (QED) is 0.903. The van der Waals surface area contributed by atoms with Crippen molar-refractivity contribution in [3.63, 3.8) is 0 Å². The molecule has 0 fully saturated rings. The predicted molar refractivity (Wildman–Crippen MR) is 72.5 cm³/mol. The van der Waals surface area contributed by atoms with Crippen molar-refractivity contribution in [2.45, 2.75) is 6.92 Å². The molecular weight excluding hydrogens is 261 g/mol. The number of nitrogens with one attached hydrogen (secondary N) is 1. The van der Waals surface area contributed by atoms with E-state index in [-0.39, 0.29) is 11.1 Å². The molecule has 0 aromatic heterocycles. The van der Waals surface area contributed by atoms with Gasteiger partial charge in [0, 0.05) is 11.3 Å². The Labute approximate surface area is 114 Å². The van der Waals surface area contributed by atoms with E-state index >= 15 is 0 Å². The van der Waals surface area contributed by atoms with Gasteiger partial charge in [0.25, 0.3) is 5.91 Å². The molecule has 5 heteroatoms. The molecule has 2 aromatic carbocycles. The first kappa shape index (κ1) is 13.7. The Morgan fingerprint density at radius 3 is 2.25 bits per heavy atom. The molecule has 0 aliphatic carbocycles. The van der Waals surface area contributed by atoms with Gasteiger partial charge in [0.1, 0.15) is 5.82 Å². The summed E-state index contributed by atoms with van der Waals surface area (Å²) in [6, 6.07) is 9.78. The monoisotopic (exact) mass is 273 g/mol. The van der Waals surface area contributed by atoms with Gasteiger partial charge in [-0.2, -0.15) is 0 Å². The summed E-state index contributed by atoms with van der Waals surface area (Å²) in [6.07, 6.45) is 0. The third-order valence-electron chi connectivity index (χ3n) is 2.69. The van der Waals surface area contributed by atoms with Crippen molar-refractivity contribution in [2.24, 2.45) is 0 Å². The molecule has 102 valence electrons. The number of carbonyl (C=O) groups is 2. The van der Waals surface area contributed by atoms with E-state index in [2.05, 4.69) is 5.32 Å². The number of halogens is 1. The number of amides is 1. The summed E-state index contributed by atoms with van der Waals surface area (Å²) in [4.78, 5) is 22.6. The summed E-state index contributed by atoms with van der Waals surface area (Å²) in [7, 11) is 0. The Hall–Kier alpha value is -2.69. The Morgan fingerprint density at radius 2 is 1.70 bits per heavy atom. The molecule has 0 aliphatic heterocycles. The Balaban J connectivity index is 2.16. The minimum absolute atomic E-state index is 0.129. The molecule has 20 heavy (non-hydrogen) atoms. The number of hydrogen-bond acceptors (Lipinski definition) is 2. The topological polar surface area (TPSA) is 66.4 Å². The molecule has 2 rings (SSSR count). The van der Waals surface area contributed by atoms with E-state index in [0.29, 0.717) is 11.3 Å². The highest BCUT2D eigenvalue weighted by Crippen LogP contribution is 2.13. The Bertz CT molecular complexity index is 645. The number of aryl methyl sites for hydroxylation is 1. The largest absolute Gasteiger partial charge is 0.478 e. The van der Waals surface area contributed by atoms with Crippen molar-refractivity contribution in [1.29, 1.82) is 0 Å². The van der Waals surface area contributed by atoms with E-state index in [1.54, 1.807) is 13.0 Å². The van der Waals surface area contributed by atoms with Crippen molar-refractivity contribution < 1.29 is 19.1 Å². The molecule has 0 spiro atoms. The van der Waals surface area contributed by atoms with Crippen LogP contribution in [0.5, 0.6) is 0 Å². The predicted octanol–water partition coefficient (Wildman–Crippen LogP) is 3.08. The summed E-state index contributed by atoms with van der Waals surface area (Å²) in [5.74, 6) is -1.96. The van der Waals surface area contributed by atoms with Crippen LogP contribution in [0.25, 0.3) is 0 Å². The van der Waals surface area contributed by atoms with Gasteiger partial charge in [-0.3, -0.25) is 4.79 Å². The van der Waals surface area contributed by atoms with Crippen LogP contribution in [0.4, 0.5) is 10.1 Å². The van der Waals surface area contributed by atoms with Crippen molar-refractivity contribution in [3.8, 4) is 0 Å². The van der Waals surface area contributed by atoms with Crippen molar-refractivity contribution in [1.82, 2.24) is 0 Å². The van der Waals surface area contributed by atoms with Gasteiger partial charge in [0.2, 0.25) is 0 Å². The van der Waals surface area contributed by atoms with Crippen LogP contribution in [0.1, 0.15) is 26.3 Å². The maximum Gasteiger partial charge on any atom is 0.335 e. The number of aromatic carboxylic acids is 1. The smallest absolute Gasteiger partial charge is 0.335 e. The van der Waals surface area contributed by atoms with Crippen molar-refractivity contribution >= 4 is 17.6 Å². The number of anilines is 1. The van der Waals surface area contributed by atoms with E-state index in [1.807, 2.05) is 0 Å². The maximum absolute atomic E-state index is 13.2. The average molecular weight is 273 g/mol. The van der Waals surface area contributed by atoms with Crippen LogP contribution in [0.2, 0.25) is 0 Å². The summed E-state index contributed by atoms with van der Waals surface area (Å²) in [5.41, 5.74) is 1.44. The molecule has 1 amide bonds. The SMILES string of the molecule is Cc1cc(F)cc(C(=O)Nc2ccc(C(=O)O)cc2)c1. The van der Waals surface area contributed by atoms with Crippen molar-refractivity contribution in [3.05, 3.63) is 65.0 Å². The zero-order valence-corrected chi connectivity index (χ0v) is 10.7. The molecule has 0 unspecified atom stereocenters. The van der Waals surface area contributed by atoms with Crippen LogP contribution < -0.4 is 5.32 Å². The van der Waals surface area contributed by atoms with Crippen LogP contribution in [0.15, 0.2) is 42.5 Å². The molecule has 0 saturated carbocycles. The first-order valence-corrected chi connectivity index (χ1v) is 5.87. The standard InChI is InChI=1S/C15H12FNO3/c1-9-6-11(8-12(16)7-9)14(18)17-13-4-2-10(3-5-13)15(19)20/h2-8H,1H3,(H,17,18)(H,19,20). The highest BCUT2D eigenvalue weighted by molar-refractivity contribution is 6.04. The number of hydrogen-bond donors (Lipinski definition) is 2. The number of carbonyl (C=O) groups excluding carboxylic acids is 1. The molecular formula is C15H12FNO3. The average Bonchev–Trinajstić information content (AvgIpc) is 2.38. The lowest BCUT2D eigenvalue weighted by Gasteiger charge is -2.06. The minimum Gasteiger partial charge on any atom is -0.478 e. The first-order chi connectivity index (χ1) is 9.45. The summed E-state index contributed by atoms with van der Waals surface area (Å²) >= 11 is 0. The number of carboxylic acid groups (broad SMARTS) is 1. The summed E-state index contributed by atoms with van der Waals surface area (Å²) < 4.78 is 13.2. The second-order valence-corrected chi connectivity index (χ2v) is 4.35. The van der Waals surface area contributed by atoms with Gasteiger partial charge in [0.15, 0.2) is 0 Å². The molecule has 2 aromatic rings. The molecule has 2 N–H and O–H groups in total. The Kier molecular flexibility index (Phi) is 3.79. The van der Waals surface area contributed by atoms with Crippen LogP contribution in [0, 0.1) is 12.7 Å². The molecule has 0 heterocycles. The number of carboxylic acids is 1. The maximum atomic E-state index is 13.2. The van der Waals surface area contributed by atoms with Gasteiger partial charge in [-0.25, -0.2) is 9.18 Å². The van der Waals surface area contributed by atoms with Gasteiger partial charge in [0.05, 0.1) is 5.56 Å². The highest BCUT2D eigenvalue weighted by Gasteiger charge is 2.09. The van der Waals surface area contributed by atoms with Crippen LogP contribution >= 0.6 is 0 Å². The van der Waals surface area contributed by atoms with Crippen LogP contribution in [0.3, 0.4) is 0 Å². The fourth-order valence-electron chi connectivity index (χ4n) is 1.77. The lowest BCUT2D eigenvalue weighted by atomic mass is 10.1. The second kappa shape index (κ2) is 5.52. The highest BCUT2D eigenvalue weighted by atomic mass is 19.1. The fourth-order valence-corrected chi connectivity index (χ4v) is 1.77. The zero-order chi connectivity index (χ0) is 14.7. The summed E-state index contributed by atoms with van der Waals surface area (Å²) in [6.45, 7) is 1.70. The molecule has 0 bridgehead atoms. The normalized spacial score (nSPS) is 10.1. The fraction of sp³-hybridized carbons (Fsp3) is 0.0667. The van der Waals surface area contributed by atoms with Gasteiger partial charge >= 0.3 is 5.97 Å². The van der Waals surface area contributed by atoms with E-state index < -0.39 is 17.7 Å². The summed E-state index contributed by atoms with van der Waals surface area (Å²) in [5, 5.41) is 11.3. The van der Waals surface area contributed by atoms with E-state index in [4.69, 9.17) is 5.11 Å². The van der Waals surface area contributed by atoms with E-state index in [1.165, 1.54) is 30.3 Å². The molecule has 4 nitrogen and oxygen atoms in total. The molecule has 0 saturated heterocycles. The second-order valence-electron chi connectivity index (χ2n) is 4.35. The van der Waals surface area contributed by atoms with Crippen LogP contribution in [-0.2, 0) is 0 Å². The van der Waals surface area contributed by atoms with Gasteiger partial charge in [-0.15, -0.1) is 0 Å². The van der Waals surface area contributed by atoms with Crippen molar-refractivity contribution in [2.75, 3.05) is 5.32 Å². The molecule has 0 aliphatic rings. The van der Waals surface area contributed by atoms with Gasteiger partial charge < -0.3 is 10.4 Å². The van der Waals surface area contributed by atoms with Crippen LogP contribution in [-0.4, -0.2) is 17.0 Å². The third kappa shape index (κ3) is 3.20. The minimum atomic E-state index is -1.04. The lowest BCUT2D eigenvalue weighted by Crippen LogP contribution is -2.12. The Morgan fingerprint density at radius 1 is 1.05 bits per heavy atom.